The zero-order chi connectivity index (χ0) is 15.8. The molecule has 0 saturated heterocycles. The molecule has 2 rings (SSSR count). The summed E-state index contributed by atoms with van der Waals surface area (Å²) in [5.41, 5.74) is 0.132. The van der Waals surface area contributed by atoms with Crippen molar-refractivity contribution in [2.75, 3.05) is 5.32 Å². The van der Waals surface area contributed by atoms with E-state index in [4.69, 9.17) is 28.3 Å². The van der Waals surface area contributed by atoms with E-state index in [-0.39, 0.29) is 21.3 Å². The number of primary sulfonamides is 1. The number of aryl methyl sites for hydroxylation is 1. The van der Waals surface area contributed by atoms with Crippen molar-refractivity contribution in [3.8, 4) is 0 Å². The highest BCUT2D eigenvalue weighted by atomic mass is 35.5. The van der Waals surface area contributed by atoms with Gasteiger partial charge in [0.05, 0.1) is 10.6 Å². The molecule has 21 heavy (non-hydrogen) atoms. The Morgan fingerprint density at radius 3 is 2.62 bits per heavy atom. The van der Waals surface area contributed by atoms with Crippen LogP contribution >= 0.6 is 23.2 Å². The first-order valence-electron chi connectivity index (χ1n) is 5.51. The number of nitrogens with two attached hydrogens (primary N) is 1. The molecule has 7 nitrogen and oxygen atoms in total. The van der Waals surface area contributed by atoms with Crippen LogP contribution in [-0.2, 0) is 17.1 Å². The summed E-state index contributed by atoms with van der Waals surface area (Å²) in [5.74, 6) is -0.795. The quantitative estimate of drug-likeness (QED) is 0.878. The van der Waals surface area contributed by atoms with Gasteiger partial charge in [0, 0.05) is 18.3 Å². The van der Waals surface area contributed by atoms with Gasteiger partial charge in [0.15, 0.2) is 5.82 Å². The second kappa shape index (κ2) is 5.64. The molecule has 0 saturated carbocycles. The lowest BCUT2D eigenvalue weighted by Gasteiger charge is -2.06. The highest BCUT2D eigenvalue weighted by Gasteiger charge is 2.21. The molecule has 0 aliphatic rings. The van der Waals surface area contributed by atoms with Crippen LogP contribution in [0.2, 0.25) is 10.0 Å². The van der Waals surface area contributed by atoms with Crippen LogP contribution in [-0.4, -0.2) is 24.1 Å². The Hall–Kier alpha value is -1.61. The van der Waals surface area contributed by atoms with E-state index in [2.05, 4.69) is 10.4 Å². The first kappa shape index (κ1) is 15.8. The number of halogens is 2. The highest BCUT2D eigenvalue weighted by molar-refractivity contribution is 7.89. The van der Waals surface area contributed by atoms with Gasteiger partial charge in [-0.2, -0.15) is 5.10 Å². The minimum absolute atomic E-state index is 0.132. The number of carbonyl (C=O) groups excluding carboxylic acids is 1. The van der Waals surface area contributed by atoms with Crippen molar-refractivity contribution in [3.05, 3.63) is 40.0 Å². The molecule has 112 valence electrons. The Morgan fingerprint density at radius 1 is 1.38 bits per heavy atom. The molecule has 1 aromatic carbocycles. The summed E-state index contributed by atoms with van der Waals surface area (Å²) in [7, 11) is -2.51. The highest BCUT2D eigenvalue weighted by Crippen LogP contribution is 2.23. The third-order valence-electron chi connectivity index (χ3n) is 2.51. The summed E-state index contributed by atoms with van der Waals surface area (Å²) in [6, 6.07) is 4.30. The van der Waals surface area contributed by atoms with Gasteiger partial charge in [0.25, 0.3) is 5.91 Å². The third-order valence-corrected chi connectivity index (χ3v) is 3.97. The van der Waals surface area contributed by atoms with Crippen LogP contribution in [0.3, 0.4) is 0 Å². The molecule has 2 aromatic rings. The van der Waals surface area contributed by atoms with Crippen molar-refractivity contribution in [3.63, 3.8) is 0 Å². The molecule has 0 fully saturated rings. The molecule has 10 heteroatoms. The summed E-state index contributed by atoms with van der Waals surface area (Å²) in [6.07, 6.45) is 1.19. The molecule has 0 bridgehead atoms. The fourth-order valence-electron chi connectivity index (χ4n) is 1.61. The van der Waals surface area contributed by atoms with E-state index in [1.807, 2.05) is 0 Å². The van der Waals surface area contributed by atoms with Crippen LogP contribution in [0.25, 0.3) is 0 Å². The zero-order valence-electron chi connectivity index (χ0n) is 10.7. The summed E-state index contributed by atoms with van der Waals surface area (Å²) in [4.78, 5) is 11.8. The average Bonchev–Trinajstić information content (AvgIpc) is 2.69. The molecule has 3 N–H and O–H groups in total. The van der Waals surface area contributed by atoms with Crippen molar-refractivity contribution in [1.82, 2.24) is 9.78 Å². The van der Waals surface area contributed by atoms with Crippen LogP contribution in [0.4, 0.5) is 5.82 Å². The molecule has 1 aromatic heterocycles. The minimum atomic E-state index is -4.01. The number of nitrogens with zero attached hydrogens (tertiary/aromatic N) is 2. The summed E-state index contributed by atoms with van der Waals surface area (Å²) in [6.45, 7) is 0. The van der Waals surface area contributed by atoms with Gasteiger partial charge < -0.3 is 5.32 Å². The Balaban J connectivity index is 2.36. The topological polar surface area (TPSA) is 107 Å². The lowest BCUT2D eigenvalue weighted by molar-refractivity contribution is 0.102. The summed E-state index contributed by atoms with van der Waals surface area (Å²) in [5, 5.41) is 11.8. The Morgan fingerprint density at radius 2 is 2.05 bits per heavy atom. The van der Waals surface area contributed by atoms with Crippen molar-refractivity contribution in [1.29, 1.82) is 0 Å². The largest absolute Gasteiger partial charge is 0.304 e. The zero-order valence-corrected chi connectivity index (χ0v) is 13.0. The third kappa shape index (κ3) is 3.53. The van der Waals surface area contributed by atoms with E-state index >= 15 is 0 Å². The monoisotopic (exact) mass is 348 g/mol. The first-order valence-corrected chi connectivity index (χ1v) is 7.81. The molecule has 0 unspecified atom stereocenters. The smallest absolute Gasteiger partial charge is 0.258 e. The van der Waals surface area contributed by atoms with Crippen LogP contribution < -0.4 is 10.5 Å². The number of anilines is 1. The van der Waals surface area contributed by atoms with E-state index in [1.54, 1.807) is 0 Å². The van der Waals surface area contributed by atoms with Crippen molar-refractivity contribution in [2.24, 2.45) is 12.2 Å². The average molecular weight is 349 g/mol. The Labute approximate surface area is 130 Å². The van der Waals surface area contributed by atoms with Crippen molar-refractivity contribution < 1.29 is 13.2 Å². The fraction of sp³-hybridized carbons (Fsp3) is 0.0909. The van der Waals surface area contributed by atoms with Gasteiger partial charge in [-0.3, -0.25) is 9.48 Å². The van der Waals surface area contributed by atoms with Crippen LogP contribution in [0.15, 0.2) is 29.3 Å². The number of benzene rings is 1. The van der Waals surface area contributed by atoms with Crippen LogP contribution in [0, 0.1) is 0 Å². The van der Waals surface area contributed by atoms with E-state index in [9.17, 15) is 13.2 Å². The van der Waals surface area contributed by atoms with Gasteiger partial charge in [-0.05, 0) is 18.2 Å². The fourth-order valence-corrected chi connectivity index (χ4v) is 2.77. The Kier molecular flexibility index (Phi) is 4.24. The molecule has 1 amide bonds. The van der Waals surface area contributed by atoms with E-state index in [0.717, 1.165) is 0 Å². The van der Waals surface area contributed by atoms with Gasteiger partial charge in [0.2, 0.25) is 10.0 Å². The van der Waals surface area contributed by atoms with Gasteiger partial charge >= 0.3 is 0 Å². The first-order chi connectivity index (χ1) is 9.68. The van der Waals surface area contributed by atoms with E-state index in [1.165, 1.54) is 36.1 Å². The standard InChI is InChI=1S/C11H10Cl2N4O3S/c1-17-5-9(21(14,19)20)10(16-17)15-11(18)7-3-2-6(12)4-8(7)13/h2-5H,1H3,(H2,14,19,20)(H,15,16,18). The number of nitrogens with one attached hydrogen (secondary N) is 1. The van der Waals surface area contributed by atoms with Gasteiger partial charge in [-0.15, -0.1) is 0 Å². The number of hydrogen-bond donors (Lipinski definition) is 2. The molecule has 0 radical (unpaired) electrons. The van der Waals surface area contributed by atoms with Gasteiger partial charge in [-0.25, -0.2) is 13.6 Å². The molecule has 0 atom stereocenters. The maximum atomic E-state index is 12.1. The van der Waals surface area contributed by atoms with Crippen LogP contribution in [0.1, 0.15) is 10.4 Å². The maximum Gasteiger partial charge on any atom is 0.258 e. The second-order valence-electron chi connectivity index (χ2n) is 4.14. The molecular weight excluding hydrogens is 339 g/mol. The molecular formula is C11H10Cl2N4O3S. The lowest BCUT2D eigenvalue weighted by Crippen LogP contribution is -2.18. The number of hydrogen-bond acceptors (Lipinski definition) is 4. The predicted octanol–water partition coefficient (Wildman–Crippen LogP) is 1.63. The van der Waals surface area contributed by atoms with E-state index < -0.39 is 15.9 Å². The number of carbonyl (C=O) groups is 1. The summed E-state index contributed by atoms with van der Waals surface area (Å²) < 4.78 is 24.1. The lowest BCUT2D eigenvalue weighted by atomic mass is 10.2. The molecule has 0 aliphatic carbocycles. The maximum absolute atomic E-state index is 12.1. The number of rotatable bonds is 3. The SMILES string of the molecule is Cn1cc(S(N)(=O)=O)c(NC(=O)c2ccc(Cl)cc2Cl)n1. The van der Waals surface area contributed by atoms with Crippen LogP contribution in [0.5, 0.6) is 0 Å². The van der Waals surface area contributed by atoms with Crippen molar-refractivity contribution >= 4 is 45.0 Å². The minimum Gasteiger partial charge on any atom is -0.304 e. The second-order valence-corrected chi connectivity index (χ2v) is 6.51. The van der Waals surface area contributed by atoms with Gasteiger partial charge in [-0.1, -0.05) is 23.2 Å². The number of aromatic nitrogens is 2. The number of amides is 1. The Bertz CT molecular complexity index is 817. The predicted molar refractivity (Wildman–Crippen MR) is 79.0 cm³/mol. The molecule has 0 spiro atoms. The number of sulfonamides is 1. The van der Waals surface area contributed by atoms with Gasteiger partial charge in [0.1, 0.15) is 4.90 Å². The molecule has 0 aliphatic heterocycles. The molecule has 1 heterocycles. The van der Waals surface area contributed by atoms with Crippen molar-refractivity contribution in [2.45, 2.75) is 4.90 Å². The normalized spacial score (nSPS) is 11.4. The van der Waals surface area contributed by atoms with E-state index in [0.29, 0.717) is 5.02 Å². The summed E-state index contributed by atoms with van der Waals surface area (Å²) >= 11 is 11.7.